The minimum atomic E-state index is -3.32. The molecule has 0 bridgehead atoms. The Balaban J connectivity index is 1.75. The van der Waals surface area contributed by atoms with E-state index in [9.17, 15) is 8.42 Å². The molecular weight excluding hydrogens is 274 g/mol. The van der Waals surface area contributed by atoms with E-state index in [1.54, 1.807) is 27.3 Å². The molecule has 2 unspecified atom stereocenters. The molecule has 0 saturated carbocycles. The van der Waals surface area contributed by atoms with Crippen molar-refractivity contribution < 1.29 is 8.42 Å². The zero-order chi connectivity index (χ0) is 14.2. The molecule has 0 radical (unpaired) electrons. The summed E-state index contributed by atoms with van der Waals surface area (Å²) in [6, 6.07) is 2.19. The summed E-state index contributed by atoms with van der Waals surface area (Å²) in [5.41, 5.74) is 0. The molecular formula is C14H23N3O2S. The van der Waals surface area contributed by atoms with Gasteiger partial charge in [-0.05, 0) is 44.2 Å². The first kappa shape index (κ1) is 14.1. The van der Waals surface area contributed by atoms with Crippen LogP contribution >= 0.6 is 0 Å². The minimum absolute atomic E-state index is 0.417. The molecule has 112 valence electrons. The fourth-order valence-corrected chi connectivity index (χ4v) is 5.00. The number of nitrogens with one attached hydrogen (secondary N) is 1. The lowest BCUT2D eigenvalue weighted by Crippen LogP contribution is -2.45. The van der Waals surface area contributed by atoms with Gasteiger partial charge in [0.1, 0.15) is 0 Å². The second-order valence-electron chi connectivity index (χ2n) is 5.98. The maximum absolute atomic E-state index is 12.7. The quantitative estimate of drug-likeness (QED) is 0.911. The van der Waals surface area contributed by atoms with Crippen molar-refractivity contribution in [3.05, 3.63) is 18.5 Å². The molecule has 6 heteroatoms. The van der Waals surface area contributed by atoms with Gasteiger partial charge in [-0.3, -0.25) is 0 Å². The second kappa shape index (κ2) is 5.50. The van der Waals surface area contributed by atoms with Gasteiger partial charge in [0, 0.05) is 38.6 Å². The van der Waals surface area contributed by atoms with Gasteiger partial charge >= 0.3 is 0 Å². The monoisotopic (exact) mass is 297 g/mol. The number of nitrogens with zero attached hydrogens (tertiary/aromatic N) is 2. The molecule has 1 aromatic rings. The van der Waals surface area contributed by atoms with E-state index in [2.05, 4.69) is 5.32 Å². The van der Waals surface area contributed by atoms with Gasteiger partial charge in [-0.25, -0.2) is 8.42 Å². The highest BCUT2D eigenvalue weighted by Crippen LogP contribution is 2.28. The van der Waals surface area contributed by atoms with Gasteiger partial charge in [-0.15, -0.1) is 0 Å². The van der Waals surface area contributed by atoms with E-state index in [4.69, 9.17) is 0 Å². The Morgan fingerprint density at radius 1 is 1.30 bits per heavy atom. The van der Waals surface area contributed by atoms with Crippen molar-refractivity contribution >= 4 is 10.0 Å². The van der Waals surface area contributed by atoms with Crippen LogP contribution in [0.3, 0.4) is 0 Å². The molecule has 1 aromatic heterocycles. The van der Waals surface area contributed by atoms with E-state index in [1.165, 1.54) is 12.8 Å². The third-order valence-electron chi connectivity index (χ3n) is 4.53. The molecule has 0 spiro atoms. The van der Waals surface area contributed by atoms with Crippen molar-refractivity contribution in [1.82, 2.24) is 14.2 Å². The van der Waals surface area contributed by atoms with Gasteiger partial charge in [0.25, 0.3) is 0 Å². The van der Waals surface area contributed by atoms with Crippen molar-refractivity contribution in [3.63, 3.8) is 0 Å². The summed E-state index contributed by atoms with van der Waals surface area (Å²) >= 11 is 0. The average Bonchev–Trinajstić information content (AvgIpc) is 3.10. The molecule has 2 saturated heterocycles. The summed E-state index contributed by atoms with van der Waals surface area (Å²) < 4.78 is 28.8. The summed E-state index contributed by atoms with van der Waals surface area (Å²) in [7, 11) is -1.47. The van der Waals surface area contributed by atoms with Crippen molar-refractivity contribution in [3.8, 4) is 0 Å². The van der Waals surface area contributed by atoms with Crippen LogP contribution in [0.2, 0.25) is 0 Å². The molecule has 5 nitrogen and oxygen atoms in total. The molecule has 0 aliphatic carbocycles. The first-order valence-electron chi connectivity index (χ1n) is 7.43. The fourth-order valence-electron chi connectivity index (χ4n) is 3.41. The standard InChI is InChI=1S/C14H23N3O2S/c1-16-9-6-13(11-16)20(18,19)17-8-3-4-12(10-17)14-5-2-7-15-14/h6,9,11-12,14-15H,2-5,7-8,10H2,1H3. The van der Waals surface area contributed by atoms with E-state index >= 15 is 0 Å². The smallest absolute Gasteiger partial charge is 0.244 e. The van der Waals surface area contributed by atoms with Gasteiger partial charge in [-0.2, -0.15) is 4.31 Å². The Bertz CT molecular complexity index is 561. The predicted molar refractivity (Wildman–Crippen MR) is 77.9 cm³/mol. The molecule has 0 amide bonds. The van der Waals surface area contributed by atoms with Gasteiger partial charge < -0.3 is 9.88 Å². The summed E-state index contributed by atoms with van der Waals surface area (Å²) in [5, 5.41) is 3.52. The van der Waals surface area contributed by atoms with Crippen LogP contribution in [0.25, 0.3) is 0 Å². The minimum Gasteiger partial charge on any atom is -0.356 e. The normalized spacial score (nSPS) is 28.9. The van der Waals surface area contributed by atoms with E-state index in [0.29, 0.717) is 29.9 Å². The highest BCUT2D eigenvalue weighted by molar-refractivity contribution is 7.89. The average molecular weight is 297 g/mol. The number of aryl methyl sites for hydroxylation is 1. The molecule has 2 atom stereocenters. The molecule has 3 rings (SSSR count). The summed E-state index contributed by atoms with van der Waals surface area (Å²) in [6.07, 6.45) is 7.98. The highest BCUT2D eigenvalue weighted by Gasteiger charge is 2.34. The third-order valence-corrected chi connectivity index (χ3v) is 6.38. The molecule has 20 heavy (non-hydrogen) atoms. The van der Waals surface area contributed by atoms with Crippen molar-refractivity contribution in [1.29, 1.82) is 0 Å². The molecule has 0 aromatic carbocycles. The van der Waals surface area contributed by atoms with Crippen LogP contribution in [0.4, 0.5) is 0 Å². The summed E-state index contributed by atoms with van der Waals surface area (Å²) in [5.74, 6) is 0.463. The van der Waals surface area contributed by atoms with E-state index in [1.807, 2.05) is 7.05 Å². The second-order valence-corrected chi connectivity index (χ2v) is 7.92. The zero-order valence-electron chi connectivity index (χ0n) is 12.0. The number of hydrogen-bond acceptors (Lipinski definition) is 3. The maximum Gasteiger partial charge on any atom is 0.244 e. The van der Waals surface area contributed by atoms with Crippen LogP contribution in [0, 0.1) is 5.92 Å². The number of piperidine rings is 1. The van der Waals surface area contributed by atoms with E-state index in [-0.39, 0.29) is 0 Å². The van der Waals surface area contributed by atoms with Gasteiger partial charge in [0.05, 0.1) is 4.90 Å². The molecule has 2 fully saturated rings. The fraction of sp³-hybridized carbons (Fsp3) is 0.714. The zero-order valence-corrected chi connectivity index (χ0v) is 12.8. The van der Waals surface area contributed by atoms with Crippen LogP contribution in [0.5, 0.6) is 0 Å². The Morgan fingerprint density at radius 2 is 2.15 bits per heavy atom. The van der Waals surface area contributed by atoms with Gasteiger partial charge in [0.15, 0.2) is 0 Å². The van der Waals surface area contributed by atoms with E-state index < -0.39 is 10.0 Å². The predicted octanol–water partition coefficient (Wildman–Crippen LogP) is 1.18. The lowest BCUT2D eigenvalue weighted by Gasteiger charge is -2.34. The third kappa shape index (κ3) is 2.64. The topological polar surface area (TPSA) is 54.3 Å². The Morgan fingerprint density at radius 3 is 2.80 bits per heavy atom. The number of aromatic nitrogens is 1. The molecule has 2 aliphatic rings. The maximum atomic E-state index is 12.7. The van der Waals surface area contributed by atoms with Gasteiger partial charge in [0.2, 0.25) is 10.0 Å². The molecule has 2 aliphatic heterocycles. The van der Waals surface area contributed by atoms with Crippen LogP contribution < -0.4 is 5.32 Å². The van der Waals surface area contributed by atoms with Crippen molar-refractivity contribution in [2.45, 2.75) is 36.6 Å². The number of rotatable bonds is 3. The van der Waals surface area contributed by atoms with Crippen LogP contribution in [0.15, 0.2) is 23.4 Å². The van der Waals surface area contributed by atoms with Crippen LogP contribution in [0.1, 0.15) is 25.7 Å². The van der Waals surface area contributed by atoms with Crippen LogP contribution in [-0.4, -0.2) is 43.0 Å². The number of hydrogen-bond donors (Lipinski definition) is 1. The SMILES string of the molecule is Cn1ccc(S(=O)(=O)N2CCCC(C3CCCN3)C2)c1. The van der Waals surface area contributed by atoms with Crippen molar-refractivity contribution in [2.24, 2.45) is 13.0 Å². The Kier molecular flexibility index (Phi) is 3.88. The van der Waals surface area contributed by atoms with E-state index in [0.717, 1.165) is 19.4 Å². The lowest BCUT2D eigenvalue weighted by atomic mass is 9.91. The van der Waals surface area contributed by atoms with Gasteiger partial charge in [-0.1, -0.05) is 0 Å². The molecule has 3 heterocycles. The van der Waals surface area contributed by atoms with Crippen molar-refractivity contribution in [2.75, 3.05) is 19.6 Å². The first-order valence-corrected chi connectivity index (χ1v) is 8.87. The Hall–Kier alpha value is -0.850. The highest BCUT2D eigenvalue weighted by atomic mass is 32.2. The largest absolute Gasteiger partial charge is 0.356 e. The summed E-state index contributed by atoms with van der Waals surface area (Å²) in [6.45, 7) is 2.39. The number of sulfonamides is 1. The first-order chi connectivity index (χ1) is 9.57. The lowest BCUT2D eigenvalue weighted by molar-refractivity contribution is 0.226. The molecule has 1 N–H and O–H groups in total. The Labute approximate surface area is 121 Å². The van der Waals surface area contributed by atoms with Crippen LogP contribution in [-0.2, 0) is 17.1 Å². The summed E-state index contributed by atoms with van der Waals surface area (Å²) in [4.78, 5) is 0.417.